The molecule has 1 atom stereocenters. The van der Waals surface area contributed by atoms with Gasteiger partial charge in [-0.1, -0.05) is 15.9 Å². The Morgan fingerprint density at radius 3 is 2.84 bits per heavy atom. The minimum absolute atomic E-state index is 0.0483. The van der Waals surface area contributed by atoms with Crippen molar-refractivity contribution in [3.63, 3.8) is 0 Å². The first kappa shape index (κ1) is 17.2. The lowest BCUT2D eigenvalue weighted by molar-refractivity contribution is 0.310. The predicted octanol–water partition coefficient (Wildman–Crippen LogP) is 3.11. The molecule has 1 aliphatic rings. The van der Waals surface area contributed by atoms with E-state index in [0.717, 1.165) is 21.3 Å². The predicted molar refractivity (Wildman–Crippen MR) is 94.5 cm³/mol. The first-order chi connectivity index (χ1) is 12.0. The van der Waals surface area contributed by atoms with E-state index in [1.54, 1.807) is 7.11 Å². The van der Waals surface area contributed by atoms with Crippen LogP contribution in [-0.4, -0.2) is 23.9 Å². The van der Waals surface area contributed by atoms with Gasteiger partial charge in [0, 0.05) is 15.7 Å². The van der Waals surface area contributed by atoms with Gasteiger partial charge in [0.05, 0.1) is 19.6 Å². The summed E-state index contributed by atoms with van der Waals surface area (Å²) in [5, 5.41) is 16.7. The number of aromatic amines is 1. The first-order valence-corrected chi connectivity index (χ1v) is 8.43. The molecule has 0 aliphatic carbocycles. The highest BCUT2D eigenvalue weighted by Crippen LogP contribution is 2.47. The van der Waals surface area contributed by atoms with Gasteiger partial charge in [0.2, 0.25) is 11.8 Å². The van der Waals surface area contributed by atoms with Crippen LogP contribution in [0.4, 0.5) is 0 Å². The second-order valence-corrected chi connectivity index (χ2v) is 6.30. The van der Waals surface area contributed by atoms with E-state index in [9.17, 15) is 5.26 Å². The molecule has 1 aliphatic heterocycles. The lowest BCUT2D eigenvalue weighted by atomic mass is 9.84. The Morgan fingerprint density at radius 2 is 2.20 bits per heavy atom. The number of nitrogens with one attached hydrogen (secondary N) is 1. The normalized spacial score (nSPS) is 16.0. The molecule has 0 amide bonds. The van der Waals surface area contributed by atoms with Gasteiger partial charge in [-0.25, -0.2) is 0 Å². The van der Waals surface area contributed by atoms with Crippen LogP contribution in [0.25, 0.3) is 0 Å². The molecule has 2 heterocycles. The number of allylic oxidation sites excluding steroid dienone is 1. The maximum atomic E-state index is 9.64. The van der Waals surface area contributed by atoms with E-state index in [0.29, 0.717) is 29.6 Å². The van der Waals surface area contributed by atoms with E-state index in [-0.39, 0.29) is 5.88 Å². The van der Waals surface area contributed by atoms with Crippen molar-refractivity contribution in [1.82, 2.24) is 10.2 Å². The van der Waals surface area contributed by atoms with Gasteiger partial charge in [-0.3, -0.25) is 5.10 Å². The van der Waals surface area contributed by atoms with E-state index >= 15 is 0 Å². The van der Waals surface area contributed by atoms with Gasteiger partial charge in [-0.2, -0.15) is 5.26 Å². The minimum atomic E-state index is -0.424. The number of aryl methyl sites for hydroxylation is 1. The van der Waals surface area contributed by atoms with Crippen molar-refractivity contribution in [2.24, 2.45) is 5.73 Å². The van der Waals surface area contributed by atoms with E-state index in [2.05, 4.69) is 32.2 Å². The number of methoxy groups -OCH3 is 1. The van der Waals surface area contributed by atoms with Crippen molar-refractivity contribution >= 4 is 15.9 Å². The smallest absolute Gasteiger partial charge is 0.244 e. The zero-order chi connectivity index (χ0) is 18.1. The molecule has 0 fully saturated rings. The summed E-state index contributed by atoms with van der Waals surface area (Å²) in [6.07, 6.45) is 0. The number of nitriles is 1. The number of H-pyrrole nitrogens is 1. The second kappa shape index (κ2) is 6.69. The molecule has 8 heteroatoms. The van der Waals surface area contributed by atoms with E-state index in [4.69, 9.17) is 19.9 Å². The summed E-state index contributed by atoms with van der Waals surface area (Å²) in [5.41, 5.74) is 8.68. The molecular weight excluding hydrogens is 388 g/mol. The Hall–Kier alpha value is -2.66. The fraction of sp³-hybridized carbons (Fsp3) is 0.294. The third-order valence-electron chi connectivity index (χ3n) is 4.02. The van der Waals surface area contributed by atoms with Crippen LogP contribution in [0, 0.1) is 18.3 Å². The van der Waals surface area contributed by atoms with Crippen LogP contribution in [0.1, 0.15) is 29.7 Å². The van der Waals surface area contributed by atoms with Gasteiger partial charge < -0.3 is 19.9 Å². The third kappa shape index (κ3) is 2.81. The zero-order valence-corrected chi connectivity index (χ0v) is 15.6. The van der Waals surface area contributed by atoms with Gasteiger partial charge in [0.15, 0.2) is 11.5 Å². The summed E-state index contributed by atoms with van der Waals surface area (Å²) in [4.78, 5) is 0. The molecule has 1 aromatic heterocycles. The molecule has 130 valence electrons. The summed E-state index contributed by atoms with van der Waals surface area (Å²) in [5.74, 6) is 1.19. The molecule has 2 aromatic rings. The van der Waals surface area contributed by atoms with Gasteiger partial charge >= 0.3 is 0 Å². The quantitative estimate of drug-likeness (QED) is 0.810. The number of benzene rings is 1. The Bertz CT molecular complexity index is 898. The second-order valence-electron chi connectivity index (χ2n) is 5.45. The highest BCUT2D eigenvalue weighted by atomic mass is 79.9. The van der Waals surface area contributed by atoms with Crippen LogP contribution < -0.4 is 19.9 Å². The molecule has 25 heavy (non-hydrogen) atoms. The first-order valence-electron chi connectivity index (χ1n) is 7.64. The van der Waals surface area contributed by atoms with Crippen molar-refractivity contribution in [3.05, 3.63) is 44.9 Å². The average molecular weight is 405 g/mol. The molecule has 1 aromatic carbocycles. The molecule has 1 unspecified atom stereocenters. The number of hydrogen-bond acceptors (Lipinski definition) is 6. The van der Waals surface area contributed by atoms with Crippen molar-refractivity contribution in [3.8, 4) is 23.4 Å². The largest absolute Gasteiger partial charge is 0.493 e. The van der Waals surface area contributed by atoms with Crippen LogP contribution >= 0.6 is 15.9 Å². The van der Waals surface area contributed by atoms with Crippen LogP contribution in [0.3, 0.4) is 0 Å². The molecule has 0 spiro atoms. The minimum Gasteiger partial charge on any atom is -0.493 e. The molecular formula is C17H17BrN4O3. The summed E-state index contributed by atoms with van der Waals surface area (Å²) in [7, 11) is 1.58. The number of nitrogens with zero attached hydrogens (tertiary/aromatic N) is 2. The Kier molecular flexibility index (Phi) is 4.59. The summed E-state index contributed by atoms with van der Waals surface area (Å²) >= 11 is 3.57. The summed E-state index contributed by atoms with van der Waals surface area (Å²) in [6.45, 7) is 4.26. The van der Waals surface area contributed by atoms with E-state index < -0.39 is 5.92 Å². The molecule has 0 saturated carbocycles. The van der Waals surface area contributed by atoms with Crippen molar-refractivity contribution in [2.75, 3.05) is 13.7 Å². The lowest BCUT2D eigenvalue weighted by Gasteiger charge is -2.25. The fourth-order valence-electron chi connectivity index (χ4n) is 2.91. The average Bonchev–Trinajstić information content (AvgIpc) is 2.95. The number of nitrogens with two attached hydrogens (primary N) is 1. The molecule has 3 N–H and O–H groups in total. The van der Waals surface area contributed by atoms with Gasteiger partial charge in [0.25, 0.3) is 0 Å². The molecule has 0 bridgehead atoms. The highest BCUT2D eigenvalue weighted by Gasteiger charge is 2.35. The number of aromatic nitrogens is 2. The van der Waals surface area contributed by atoms with E-state index in [1.165, 1.54) is 0 Å². The third-order valence-corrected chi connectivity index (χ3v) is 4.71. The Morgan fingerprint density at radius 1 is 1.44 bits per heavy atom. The molecule has 3 rings (SSSR count). The van der Waals surface area contributed by atoms with Gasteiger partial charge in [-0.05, 0) is 31.5 Å². The molecule has 0 saturated heterocycles. The van der Waals surface area contributed by atoms with Gasteiger partial charge in [-0.15, -0.1) is 5.10 Å². The maximum absolute atomic E-state index is 9.64. The summed E-state index contributed by atoms with van der Waals surface area (Å²) < 4.78 is 17.3. The van der Waals surface area contributed by atoms with Crippen LogP contribution in [0.5, 0.6) is 17.4 Å². The lowest BCUT2D eigenvalue weighted by Crippen LogP contribution is -2.21. The van der Waals surface area contributed by atoms with Crippen molar-refractivity contribution in [1.29, 1.82) is 5.26 Å². The highest BCUT2D eigenvalue weighted by molar-refractivity contribution is 9.10. The number of halogens is 1. The zero-order valence-electron chi connectivity index (χ0n) is 14.0. The molecule has 7 nitrogen and oxygen atoms in total. The SMILES string of the molecule is CCOc1cc(C2C(C#N)=C(N)Oc3n[nH]c(C)c32)c(Br)cc1OC. The van der Waals surface area contributed by atoms with Crippen LogP contribution in [0.2, 0.25) is 0 Å². The number of fused-ring (bicyclic) bond motifs is 1. The van der Waals surface area contributed by atoms with Crippen molar-refractivity contribution < 1.29 is 14.2 Å². The van der Waals surface area contributed by atoms with Crippen LogP contribution in [0.15, 0.2) is 28.1 Å². The number of hydrogen-bond donors (Lipinski definition) is 2. The van der Waals surface area contributed by atoms with Crippen molar-refractivity contribution in [2.45, 2.75) is 19.8 Å². The summed E-state index contributed by atoms with van der Waals surface area (Å²) in [6, 6.07) is 5.83. The fourth-order valence-corrected chi connectivity index (χ4v) is 3.46. The maximum Gasteiger partial charge on any atom is 0.244 e. The monoisotopic (exact) mass is 404 g/mol. The van der Waals surface area contributed by atoms with Crippen LogP contribution in [-0.2, 0) is 0 Å². The Labute approximate surface area is 153 Å². The molecule has 0 radical (unpaired) electrons. The van der Waals surface area contributed by atoms with E-state index in [1.807, 2.05) is 26.0 Å². The standard InChI is InChI=1S/C17H17BrN4O3/c1-4-24-13-5-9(11(18)6-12(13)23-3)15-10(7-19)16(20)25-17-14(15)8(2)21-22-17/h5-6,15H,4,20H2,1-3H3,(H,21,22). The topological polar surface area (TPSA) is 106 Å². The number of rotatable bonds is 4. The van der Waals surface area contributed by atoms with Gasteiger partial charge in [0.1, 0.15) is 11.6 Å². The number of ether oxygens (including phenoxy) is 3. The Balaban J connectivity index is 2.25.